The highest BCUT2D eigenvalue weighted by atomic mass is 32.2. The molecule has 0 aromatic carbocycles. The maximum Gasteiger partial charge on any atom is 0.214 e. The van der Waals surface area contributed by atoms with Crippen LogP contribution in [0.4, 0.5) is 0 Å². The Bertz CT molecular complexity index is 761. The van der Waals surface area contributed by atoms with Crippen molar-refractivity contribution in [1.29, 1.82) is 0 Å². The molecule has 2 aliphatic carbocycles. The third-order valence-electron chi connectivity index (χ3n) is 8.61. The monoisotopic (exact) mass is 461 g/mol. The summed E-state index contributed by atoms with van der Waals surface area (Å²) in [4.78, 5) is 0. The Morgan fingerprint density at radius 2 is 1.30 bits per heavy atom. The minimum Gasteiger partial charge on any atom is -0.229 e. The Hall–Kier alpha value is -0.140. The summed E-state index contributed by atoms with van der Waals surface area (Å²) < 4.78 is 51.2. The molecule has 1 aliphatic heterocycles. The van der Waals surface area contributed by atoms with Crippen molar-refractivity contribution in [3.05, 3.63) is 0 Å². The molecule has 0 spiro atoms. The third-order valence-corrected chi connectivity index (χ3v) is 12.4. The molecule has 7 heteroatoms. The number of sulfonamides is 1. The van der Waals surface area contributed by atoms with Gasteiger partial charge in [0.15, 0.2) is 0 Å². The minimum absolute atomic E-state index is 0.129. The molecule has 0 radical (unpaired) electrons. The van der Waals surface area contributed by atoms with Gasteiger partial charge in [0.2, 0.25) is 10.0 Å². The molecule has 0 bridgehead atoms. The second kappa shape index (κ2) is 9.78. The molecule has 0 aromatic rings. The van der Waals surface area contributed by atoms with Crippen molar-refractivity contribution >= 4 is 19.9 Å². The van der Waals surface area contributed by atoms with Gasteiger partial charge in [-0.25, -0.2) is 21.1 Å². The first-order chi connectivity index (χ1) is 14.0. The van der Waals surface area contributed by atoms with E-state index >= 15 is 0 Å². The Morgan fingerprint density at radius 1 is 0.767 bits per heavy atom. The molecule has 176 valence electrons. The highest BCUT2D eigenvalue weighted by molar-refractivity contribution is 7.91. The van der Waals surface area contributed by atoms with Gasteiger partial charge in [0.25, 0.3) is 0 Å². The zero-order valence-electron chi connectivity index (χ0n) is 19.4. The van der Waals surface area contributed by atoms with Crippen LogP contribution in [0, 0.1) is 35.5 Å². The number of nitrogens with zero attached hydrogens (tertiary/aromatic N) is 1. The van der Waals surface area contributed by atoms with E-state index in [0.717, 1.165) is 44.9 Å². The molecule has 3 aliphatic rings. The van der Waals surface area contributed by atoms with Gasteiger partial charge in [-0.05, 0) is 93.3 Å². The molecule has 3 rings (SSSR count). The van der Waals surface area contributed by atoms with Crippen LogP contribution in [0.15, 0.2) is 0 Å². The van der Waals surface area contributed by atoms with Crippen molar-refractivity contribution in [3.63, 3.8) is 0 Å². The fraction of sp³-hybridized carbons (Fsp3) is 1.00. The van der Waals surface area contributed by atoms with E-state index in [1.165, 1.54) is 19.1 Å². The van der Waals surface area contributed by atoms with Gasteiger partial charge in [0.1, 0.15) is 9.84 Å². The van der Waals surface area contributed by atoms with Gasteiger partial charge >= 0.3 is 0 Å². The summed E-state index contributed by atoms with van der Waals surface area (Å²) in [7, 11) is -6.05. The highest BCUT2D eigenvalue weighted by Gasteiger charge is 2.37. The van der Waals surface area contributed by atoms with Crippen LogP contribution in [-0.2, 0) is 19.9 Å². The number of sulfone groups is 1. The summed E-state index contributed by atoms with van der Waals surface area (Å²) in [6, 6.07) is 0. The smallest absolute Gasteiger partial charge is 0.214 e. The predicted molar refractivity (Wildman–Crippen MR) is 124 cm³/mol. The lowest BCUT2D eigenvalue weighted by molar-refractivity contribution is 0.149. The van der Waals surface area contributed by atoms with E-state index in [1.54, 1.807) is 4.31 Å². The van der Waals surface area contributed by atoms with Gasteiger partial charge in [-0.2, -0.15) is 0 Å². The van der Waals surface area contributed by atoms with Crippen molar-refractivity contribution in [2.75, 3.05) is 25.1 Å². The van der Waals surface area contributed by atoms with Gasteiger partial charge in [-0.1, -0.05) is 20.8 Å². The van der Waals surface area contributed by atoms with Crippen molar-refractivity contribution in [3.8, 4) is 0 Å². The van der Waals surface area contributed by atoms with E-state index in [0.29, 0.717) is 48.4 Å². The van der Waals surface area contributed by atoms with Gasteiger partial charge in [0, 0.05) is 19.3 Å². The molecule has 0 N–H and O–H groups in total. The molecule has 0 amide bonds. The third kappa shape index (κ3) is 6.00. The molecule has 3 fully saturated rings. The summed E-state index contributed by atoms with van der Waals surface area (Å²) in [6.07, 6.45) is 10.7. The summed E-state index contributed by atoms with van der Waals surface area (Å²) in [5.74, 6) is 3.44. The molecule has 2 atom stereocenters. The predicted octanol–water partition coefficient (Wildman–Crippen LogP) is 4.34. The van der Waals surface area contributed by atoms with Crippen LogP contribution in [-0.4, -0.2) is 51.5 Å². The van der Waals surface area contributed by atoms with Gasteiger partial charge in [-0.15, -0.1) is 0 Å². The first kappa shape index (κ1) is 24.5. The second-order valence-electron chi connectivity index (χ2n) is 10.9. The number of hydrogen-bond donors (Lipinski definition) is 0. The molecular formula is C23H43NO4S2. The zero-order valence-corrected chi connectivity index (χ0v) is 21.1. The van der Waals surface area contributed by atoms with Gasteiger partial charge in [0.05, 0.1) is 11.0 Å². The van der Waals surface area contributed by atoms with Gasteiger partial charge in [-0.3, -0.25) is 0 Å². The van der Waals surface area contributed by atoms with E-state index in [-0.39, 0.29) is 11.2 Å². The molecule has 1 unspecified atom stereocenters. The van der Waals surface area contributed by atoms with Crippen molar-refractivity contribution in [2.45, 2.75) is 83.8 Å². The van der Waals surface area contributed by atoms with E-state index in [9.17, 15) is 16.8 Å². The lowest BCUT2D eigenvalue weighted by Crippen LogP contribution is -2.36. The SMILES string of the molecule is CC(CS(=O)(=O)N1CC[C@@H](C(C)C)C1)C1CCC(C2CCC(S(C)(=O)=O)CC2)CC1. The maximum absolute atomic E-state index is 13.0. The summed E-state index contributed by atoms with van der Waals surface area (Å²) in [6.45, 7) is 7.91. The quantitative estimate of drug-likeness (QED) is 0.565. The Morgan fingerprint density at radius 3 is 1.77 bits per heavy atom. The summed E-state index contributed by atoms with van der Waals surface area (Å²) in [5, 5.41) is -0.129. The lowest BCUT2D eigenvalue weighted by atomic mass is 9.69. The highest BCUT2D eigenvalue weighted by Crippen LogP contribution is 2.43. The van der Waals surface area contributed by atoms with Crippen LogP contribution in [0.25, 0.3) is 0 Å². The number of hydrogen-bond acceptors (Lipinski definition) is 4. The van der Waals surface area contributed by atoms with E-state index in [4.69, 9.17) is 0 Å². The second-order valence-corrected chi connectivity index (χ2v) is 15.3. The van der Waals surface area contributed by atoms with Crippen LogP contribution in [0.1, 0.15) is 78.6 Å². The van der Waals surface area contributed by atoms with Gasteiger partial charge < -0.3 is 0 Å². The van der Waals surface area contributed by atoms with Crippen LogP contribution >= 0.6 is 0 Å². The van der Waals surface area contributed by atoms with E-state index in [1.807, 2.05) is 0 Å². The van der Waals surface area contributed by atoms with Crippen molar-refractivity contribution in [2.24, 2.45) is 35.5 Å². The Balaban J connectivity index is 1.45. The molecule has 2 saturated carbocycles. The average Bonchev–Trinajstić information content (AvgIpc) is 3.19. The molecule has 30 heavy (non-hydrogen) atoms. The molecule has 5 nitrogen and oxygen atoms in total. The fourth-order valence-electron chi connectivity index (χ4n) is 6.30. The van der Waals surface area contributed by atoms with Crippen LogP contribution in [0.5, 0.6) is 0 Å². The van der Waals surface area contributed by atoms with Crippen molar-refractivity contribution in [1.82, 2.24) is 4.31 Å². The standard InChI is InChI=1S/C23H43NO4S2/c1-17(2)22-13-14-24(15-22)30(27,28)16-18(3)19-5-7-20(8-6-19)21-9-11-23(12-10-21)29(4,25)26/h17-23H,5-16H2,1-4H3/t18?,19?,20?,21?,22-,23?/m1/s1. The fourth-order valence-corrected chi connectivity index (χ4v) is 9.38. The minimum atomic E-state index is -3.15. The Kier molecular flexibility index (Phi) is 7.99. The largest absolute Gasteiger partial charge is 0.229 e. The Labute approximate surface area is 185 Å². The average molecular weight is 462 g/mol. The van der Waals surface area contributed by atoms with Crippen LogP contribution in [0.3, 0.4) is 0 Å². The summed E-state index contributed by atoms with van der Waals surface area (Å²) in [5.41, 5.74) is 0. The maximum atomic E-state index is 13.0. The first-order valence-corrected chi connectivity index (χ1v) is 15.7. The molecule has 1 heterocycles. The van der Waals surface area contributed by atoms with Crippen LogP contribution < -0.4 is 0 Å². The van der Waals surface area contributed by atoms with Crippen molar-refractivity contribution < 1.29 is 16.8 Å². The van der Waals surface area contributed by atoms with E-state index in [2.05, 4.69) is 20.8 Å². The molecular weight excluding hydrogens is 418 g/mol. The topological polar surface area (TPSA) is 71.5 Å². The zero-order chi connectivity index (χ0) is 22.1. The summed E-state index contributed by atoms with van der Waals surface area (Å²) >= 11 is 0. The first-order valence-electron chi connectivity index (χ1n) is 12.1. The molecule has 0 aromatic heterocycles. The number of rotatable bonds is 7. The van der Waals surface area contributed by atoms with E-state index < -0.39 is 19.9 Å². The molecule has 1 saturated heterocycles. The normalized spacial score (nSPS) is 35.6. The van der Waals surface area contributed by atoms with Crippen LogP contribution in [0.2, 0.25) is 0 Å². The lowest BCUT2D eigenvalue weighted by Gasteiger charge is -2.39.